The van der Waals surface area contributed by atoms with E-state index >= 15 is 0 Å². The highest BCUT2D eigenvalue weighted by atomic mass is 16.5. The van der Waals surface area contributed by atoms with Crippen LogP contribution in [-0.2, 0) is 4.74 Å². The predicted octanol–water partition coefficient (Wildman–Crippen LogP) is 2.83. The van der Waals surface area contributed by atoms with Crippen LogP contribution in [0, 0.1) is 0 Å². The monoisotopic (exact) mass is 383 g/mol. The average molecular weight is 383 g/mol. The molecule has 3 heterocycles. The van der Waals surface area contributed by atoms with Crippen molar-refractivity contribution in [1.82, 2.24) is 4.90 Å². The average Bonchev–Trinajstić information content (AvgIpc) is 3.40. The Morgan fingerprint density at radius 2 is 2.11 bits per heavy atom. The fourth-order valence-electron chi connectivity index (χ4n) is 3.67. The molecule has 2 aliphatic rings. The number of hydrogen-bond acceptors (Lipinski definition) is 6. The van der Waals surface area contributed by atoms with Crippen LogP contribution in [0.3, 0.4) is 0 Å². The summed E-state index contributed by atoms with van der Waals surface area (Å²) in [4.78, 5) is 14.9. The summed E-state index contributed by atoms with van der Waals surface area (Å²) in [5, 5.41) is 16.9. The van der Waals surface area contributed by atoms with Crippen molar-refractivity contribution in [2.75, 3.05) is 31.3 Å². The van der Waals surface area contributed by atoms with Crippen molar-refractivity contribution in [3.8, 4) is 0 Å². The lowest BCUT2D eigenvalue weighted by molar-refractivity contribution is -0.0195. The van der Waals surface area contributed by atoms with Crippen LogP contribution in [0.1, 0.15) is 42.0 Å². The molecule has 0 spiro atoms. The SMILES string of the molecule is CC1=NN(c2ccc(C(=O)N3CCOC[C@@H]3C[C@H](O)c3ccco3)cc2)CC1. The first kappa shape index (κ1) is 18.7. The molecule has 1 N–H and O–H groups in total. The topological polar surface area (TPSA) is 78.5 Å². The molecular weight excluding hydrogens is 358 g/mol. The number of anilines is 1. The van der Waals surface area contributed by atoms with E-state index in [0.717, 1.165) is 24.4 Å². The number of benzene rings is 1. The minimum Gasteiger partial charge on any atom is -0.467 e. The first-order chi connectivity index (χ1) is 13.6. The maximum atomic E-state index is 13.1. The Morgan fingerprint density at radius 3 is 2.79 bits per heavy atom. The molecule has 7 heteroatoms. The lowest BCUT2D eigenvalue weighted by Gasteiger charge is -2.36. The Hall–Kier alpha value is -2.64. The molecular formula is C21H25N3O4. The van der Waals surface area contributed by atoms with Crippen LogP contribution in [0.5, 0.6) is 0 Å². The van der Waals surface area contributed by atoms with Gasteiger partial charge in [-0.05, 0) is 43.3 Å². The molecule has 1 saturated heterocycles. The van der Waals surface area contributed by atoms with Crippen molar-refractivity contribution in [3.05, 3.63) is 54.0 Å². The van der Waals surface area contributed by atoms with Gasteiger partial charge in [-0.2, -0.15) is 5.10 Å². The van der Waals surface area contributed by atoms with Gasteiger partial charge in [0, 0.05) is 37.2 Å². The maximum absolute atomic E-state index is 13.1. The molecule has 28 heavy (non-hydrogen) atoms. The first-order valence-corrected chi connectivity index (χ1v) is 9.63. The number of furan rings is 1. The number of amides is 1. The molecule has 2 aromatic rings. The van der Waals surface area contributed by atoms with Crippen molar-refractivity contribution in [1.29, 1.82) is 0 Å². The normalized spacial score (nSPS) is 20.9. The van der Waals surface area contributed by atoms with Gasteiger partial charge in [-0.15, -0.1) is 0 Å². The smallest absolute Gasteiger partial charge is 0.254 e. The number of carbonyl (C=O) groups excluding carboxylic acids is 1. The van der Waals surface area contributed by atoms with Gasteiger partial charge in [0.05, 0.1) is 31.2 Å². The van der Waals surface area contributed by atoms with Gasteiger partial charge in [0.2, 0.25) is 0 Å². The number of hydrogen-bond donors (Lipinski definition) is 1. The molecule has 4 rings (SSSR count). The van der Waals surface area contributed by atoms with Crippen molar-refractivity contribution < 1.29 is 19.1 Å². The predicted molar refractivity (Wildman–Crippen MR) is 105 cm³/mol. The number of morpholine rings is 1. The second kappa shape index (κ2) is 8.16. The number of aliphatic hydroxyl groups is 1. The number of nitrogens with zero attached hydrogens (tertiary/aromatic N) is 3. The highest BCUT2D eigenvalue weighted by Crippen LogP contribution is 2.25. The van der Waals surface area contributed by atoms with Gasteiger partial charge in [-0.3, -0.25) is 9.80 Å². The number of rotatable bonds is 5. The largest absolute Gasteiger partial charge is 0.467 e. The van der Waals surface area contributed by atoms with Crippen molar-refractivity contribution in [3.63, 3.8) is 0 Å². The van der Waals surface area contributed by atoms with Crippen molar-refractivity contribution >= 4 is 17.3 Å². The Labute approximate surface area is 164 Å². The van der Waals surface area contributed by atoms with Crippen LogP contribution in [0.2, 0.25) is 0 Å². The Morgan fingerprint density at radius 1 is 1.29 bits per heavy atom. The zero-order valence-electron chi connectivity index (χ0n) is 16.0. The summed E-state index contributed by atoms with van der Waals surface area (Å²) in [6.45, 7) is 4.30. The van der Waals surface area contributed by atoms with Gasteiger partial charge < -0.3 is 19.2 Å². The van der Waals surface area contributed by atoms with Gasteiger partial charge in [0.25, 0.3) is 5.91 Å². The van der Waals surface area contributed by atoms with Gasteiger partial charge in [0.1, 0.15) is 11.9 Å². The van der Waals surface area contributed by atoms with Crippen LogP contribution in [0.25, 0.3) is 0 Å². The summed E-state index contributed by atoms with van der Waals surface area (Å²) < 4.78 is 10.8. The van der Waals surface area contributed by atoms with E-state index in [4.69, 9.17) is 9.15 Å². The van der Waals surface area contributed by atoms with Crippen LogP contribution in [-0.4, -0.2) is 54.0 Å². The lowest BCUT2D eigenvalue weighted by atomic mass is 10.0. The van der Waals surface area contributed by atoms with E-state index in [0.29, 0.717) is 37.5 Å². The molecule has 1 aromatic heterocycles. The number of hydrazone groups is 1. The molecule has 0 bridgehead atoms. The maximum Gasteiger partial charge on any atom is 0.254 e. The standard InChI is InChI=1S/C21H25N3O4/c1-15-8-9-24(22-15)17-6-4-16(5-7-17)21(26)23-10-12-27-14-18(23)13-19(25)20-3-2-11-28-20/h2-7,11,18-19,25H,8-10,12-14H2,1H3/t18-,19-/m0/s1. The van der Waals surface area contributed by atoms with Crippen molar-refractivity contribution in [2.45, 2.75) is 31.9 Å². The second-order valence-electron chi connectivity index (χ2n) is 7.25. The van der Waals surface area contributed by atoms with Crippen LogP contribution in [0.4, 0.5) is 5.69 Å². The third-order valence-electron chi connectivity index (χ3n) is 5.24. The minimum atomic E-state index is -0.768. The summed E-state index contributed by atoms with van der Waals surface area (Å²) in [5.74, 6) is 0.455. The minimum absolute atomic E-state index is 0.0485. The summed E-state index contributed by atoms with van der Waals surface area (Å²) in [7, 11) is 0. The van der Waals surface area contributed by atoms with E-state index in [2.05, 4.69) is 5.10 Å². The lowest BCUT2D eigenvalue weighted by Crippen LogP contribution is -2.49. The first-order valence-electron chi connectivity index (χ1n) is 9.63. The molecule has 1 amide bonds. The molecule has 0 saturated carbocycles. The molecule has 0 unspecified atom stereocenters. The fourth-order valence-corrected chi connectivity index (χ4v) is 3.67. The molecule has 148 valence electrons. The van der Waals surface area contributed by atoms with E-state index in [1.807, 2.05) is 36.2 Å². The third-order valence-corrected chi connectivity index (χ3v) is 5.24. The zero-order chi connectivity index (χ0) is 19.5. The molecule has 0 aliphatic carbocycles. The Balaban J connectivity index is 1.45. The Bertz CT molecular complexity index is 832. The van der Waals surface area contributed by atoms with Gasteiger partial charge in [-0.1, -0.05) is 0 Å². The third kappa shape index (κ3) is 3.95. The molecule has 2 atom stereocenters. The quantitative estimate of drug-likeness (QED) is 0.859. The molecule has 2 aliphatic heterocycles. The van der Waals surface area contributed by atoms with Crippen LogP contribution < -0.4 is 5.01 Å². The van der Waals surface area contributed by atoms with Gasteiger partial charge >= 0.3 is 0 Å². The fraction of sp³-hybridized carbons (Fsp3) is 0.429. The highest BCUT2D eigenvalue weighted by Gasteiger charge is 2.31. The number of carbonyl (C=O) groups is 1. The van der Waals surface area contributed by atoms with Crippen LogP contribution >= 0.6 is 0 Å². The van der Waals surface area contributed by atoms with Gasteiger partial charge in [-0.25, -0.2) is 0 Å². The van der Waals surface area contributed by atoms with Crippen molar-refractivity contribution in [2.24, 2.45) is 5.10 Å². The molecule has 0 radical (unpaired) electrons. The summed E-state index contributed by atoms with van der Waals surface area (Å²) in [6.07, 6.45) is 2.11. The van der Waals surface area contributed by atoms with E-state index in [1.54, 1.807) is 17.0 Å². The second-order valence-corrected chi connectivity index (χ2v) is 7.25. The summed E-state index contributed by atoms with van der Waals surface area (Å²) in [6, 6.07) is 10.8. The zero-order valence-corrected chi connectivity index (χ0v) is 16.0. The van der Waals surface area contributed by atoms with E-state index in [9.17, 15) is 9.90 Å². The van der Waals surface area contributed by atoms with E-state index in [1.165, 1.54) is 6.26 Å². The van der Waals surface area contributed by atoms with E-state index < -0.39 is 6.10 Å². The van der Waals surface area contributed by atoms with Crippen LogP contribution in [0.15, 0.2) is 52.2 Å². The van der Waals surface area contributed by atoms with Gasteiger partial charge in [0.15, 0.2) is 0 Å². The molecule has 1 aromatic carbocycles. The highest BCUT2D eigenvalue weighted by molar-refractivity contribution is 5.95. The Kier molecular flexibility index (Phi) is 5.45. The van der Waals surface area contributed by atoms with E-state index in [-0.39, 0.29) is 11.9 Å². The summed E-state index contributed by atoms with van der Waals surface area (Å²) >= 11 is 0. The molecule has 7 nitrogen and oxygen atoms in total. The number of aliphatic hydroxyl groups excluding tert-OH is 1. The number of ether oxygens (including phenoxy) is 1. The summed E-state index contributed by atoms with van der Waals surface area (Å²) in [5.41, 5.74) is 2.73. The molecule has 1 fully saturated rings.